The number of primary amides is 1. The molecule has 0 saturated carbocycles. The molecule has 2 amide bonds. The number of ether oxygens (including phenoxy) is 1. The van der Waals surface area contributed by atoms with Crippen LogP contribution in [-0.2, 0) is 0 Å². The highest BCUT2D eigenvalue weighted by molar-refractivity contribution is 5.87. The van der Waals surface area contributed by atoms with Crippen molar-refractivity contribution in [3.05, 3.63) is 24.3 Å². The molecule has 4 heteroatoms. The number of hydrogen-bond acceptors (Lipinski definition) is 2. The zero-order valence-electron chi connectivity index (χ0n) is 10.9. The normalized spacial score (nSPS) is 10.1. The zero-order valence-corrected chi connectivity index (χ0v) is 10.9. The van der Waals surface area contributed by atoms with E-state index in [0.717, 1.165) is 18.8 Å². The van der Waals surface area contributed by atoms with E-state index in [-0.39, 0.29) is 0 Å². The van der Waals surface area contributed by atoms with E-state index in [2.05, 4.69) is 12.2 Å². The van der Waals surface area contributed by atoms with Crippen LogP contribution in [0.3, 0.4) is 0 Å². The van der Waals surface area contributed by atoms with Crippen molar-refractivity contribution < 1.29 is 9.53 Å². The lowest BCUT2D eigenvalue weighted by Crippen LogP contribution is -2.19. The molecular weight excluding hydrogens is 228 g/mol. The van der Waals surface area contributed by atoms with E-state index in [1.165, 1.54) is 25.7 Å². The lowest BCUT2D eigenvalue weighted by molar-refractivity contribution is 0.259. The van der Waals surface area contributed by atoms with Crippen LogP contribution >= 0.6 is 0 Å². The fraction of sp³-hybridized carbons (Fsp3) is 0.500. The summed E-state index contributed by atoms with van der Waals surface area (Å²) in [7, 11) is 0. The molecule has 0 saturated heterocycles. The maximum atomic E-state index is 10.6. The van der Waals surface area contributed by atoms with E-state index in [4.69, 9.17) is 10.5 Å². The van der Waals surface area contributed by atoms with Crippen molar-refractivity contribution in [2.45, 2.75) is 39.0 Å². The van der Waals surface area contributed by atoms with E-state index in [1.807, 2.05) is 12.1 Å². The van der Waals surface area contributed by atoms with Crippen LogP contribution in [0.15, 0.2) is 24.3 Å². The van der Waals surface area contributed by atoms with Gasteiger partial charge in [-0.15, -0.1) is 0 Å². The van der Waals surface area contributed by atoms with Crippen molar-refractivity contribution in [3.63, 3.8) is 0 Å². The highest BCUT2D eigenvalue weighted by Gasteiger charge is 1.97. The van der Waals surface area contributed by atoms with Crippen LogP contribution < -0.4 is 15.8 Å². The largest absolute Gasteiger partial charge is 0.494 e. The topological polar surface area (TPSA) is 64.3 Å². The number of amides is 2. The average molecular weight is 250 g/mol. The summed E-state index contributed by atoms with van der Waals surface area (Å²) in [5.41, 5.74) is 5.70. The van der Waals surface area contributed by atoms with Crippen molar-refractivity contribution in [2.24, 2.45) is 5.73 Å². The quantitative estimate of drug-likeness (QED) is 0.693. The number of anilines is 1. The van der Waals surface area contributed by atoms with Crippen LogP contribution in [0.4, 0.5) is 10.5 Å². The van der Waals surface area contributed by atoms with Gasteiger partial charge in [0.1, 0.15) is 5.75 Å². The monoisotopic (exact) mass is 250 g/mol. The third-order valence-corrected chi connectivity index (χ3v) is 2.64. The Bertz CT molecular complexity index is 349. The Morgan fingerprint density at radius 3 is 2.44 bits per heavy atom. The maximum Gasteiger partial charge on any atom is 0.316 e. The Morgan fingerprint density at radius 2 is 1.83 bits per heavy atom. The number of carbonyl (C=O) groups excluding carboxylic acids is 1. The van der Waals surface area contributed by atoms with Gasteiger partial charge >= 0.3 is 6.03 Å². The minimum Gasteiger partial charge on any atom is -0.494 e. The number of rotatable bonds is 8. The molecule has 0 unspecified atom stereocenters. The first-order chi connectivity index (χ1) is 8.72. The van der Waals surface area contributed by atoms with Crippen molar-refractivity contribution in [1.29, 1.82) is 0 Å². The van der Waals surface area contributed by atoms with E-state index >= 15 is 0 Å². The minimum absolute atomic E-state index is 0.556. The van der Waals surface area contributed by atoms with Gasteiger partial charge in [-0.05, 0) is 30.7 Å². The minimum atomic E-state index is -0.556. The maximum absolute atomic E-state index is 10.6. The molecule has 0 fully saturated rings. The number of unbranched alkanes of at least 4 members (excludes halogenated alkanes) is 4. The van der Waals surface area contributed by atoms with Crippen molar-refractivity contribution in [3.8, 4) is 5.75 Å². The fourth-order valence-electron chi connectivity index (χ4n) is 1.67. The van der Waals surface area contributed by atoms with Crippen LogP contribution in [0.1, 0.15) is 39.0 Å². The summed E-state index contributed by atoms with van der Waals surface area (Å²) in [6.07, 6.45) is 6.14. The molecular formula is C14H22N2O2. The van der Waals surface area contributed by atoms with Crippen LogP contribution in [0, 0.1) is 0 Å². The Balaban J connectivity index is 2.20. The van der Waals surface area contributed by atoms with Gasteiger partial charge in [0.2, 0.25) is 0 Å². The predicted molar refractivity (Wildman–Crippen MR) is 73.9 cm³/mol. The van der Waals surface area contributed by atoms with Crippen molar-refractivity contribution in [1.82, 2.24) is 0 Å². The Kier molecular flexibility index (Phi) is 6.69. The highest BCUT2D eigenvalue weighted by Crippen LogP contribution is 2.16. The van der Waals surface area contributed by atoms with Gasteiger partial charge in [0.25, 0.3) is 0 Å². The van der Waals surface area contributed by atoms with Crippen molar-refractivity contribution in [2.75, 3.05) is 11.9 Å². The van der Waals surface area contributed by atoms with E-state index < -0.39 is 6.03 Å². The van der Waals surface area contributed by atoms with Crippen LogP contribution in [0.2, 0.25) is 0 Å². The molecule has 1 rings (SSSR count). The third-order valence-electron chi connectivity index (χ3n) is 2.64. The summed E-state index contributed by atoms with van der Waals surface area (Å²) in [4.78, 5) is 10.6. The first-order valence-electron chi connectivity index (χ1n) is 6.51. The highest BCUT2D eigenvalue weighted by atomic mass is 16.5. The fourth-order valence-corrected chi connectivity index (χ4v) is 1.67. The second-order valence-corrected chi connectivity index (χ2v) is 4.28. The van der Waals surface area contributed by atoms with Gasteiger partial charge in [-0.2, -0.15) is 0 Å². The molecule has 0 heterocycles. The Labute approximate surface area is 109 Å². The lowest BCUT2D eigenvalue weighted by Gasteiger charge is -2.07. The van der Waals surface area contributed by atoms with Gasteiger partial charge in [-0.25, -0.2) is 4.79 Å². The van der Waals surface area contributed by atoms with Crippen molar-refractivity contribution >= 4 is 11.7 Å². The smallest absolute Gasteiger partial charge is 0.316 e. The van der Waals surface area contributed by atoms with E-state index in [0.29, 0.717) is 5.69 Å². The number of nitrogens with two attached hydrogens (primary N) is 1. The Morgan fingerprint density at radius 1 is 1.17 bits per heavy atom. The molecule has 0 aliphatic carbocycles. The van der Waals surface area contributed by atoms with Gasteiger partial charge in [0, 0.05) is 5.69 Å². The third kappa shape index (κ3) is 6.13. The van der Waals surface area contributed by atoms with E-state index in [1.54, 1.807) is 12.1 Å². The van der Waals surface area contributed by atoms with Gasteiger partial charge in [0.05, 0.1) is 6.61 Å². The number of benzene rings is 1. The van der Waals surface area contributed by atoms with Crippen LogP contribution in [0.5, 0.6) is 5.75 Å². The molecule has 3 N–H and O–H groups in total. The molecule has 0 aromatic heterocycles. The molecule has 100 valence electrons. The SMILES string of the molecule is CCCCCCCOc1ccc(NC(N)=O)cc1. The lowest BCUT2D eigenvalue weighted by atomic mass is 10.2. The Hall–Kier alpha value is -1.71. The van der Waals surface area contributed by atoms with Gasteiger partial charge in [-0.3, -0.25) is 0 Å². The second-order valence-electron chi connectivity index (χ2n) is 4.28. The molecule has 0 aliphatic rings. The summed E-state index contributed by atoms with van der Waals surface area (Å²) >= 11 is 0. The summed E-state index contributed by atoms with van der Waals surface area (Å²) < 4.78 is 5.60. The molecule has 4 nitrogen and oxygen atoms in total. The molecule has 18 heavy (non-hydrogen) atoms. The van der Waals surface area contributed by atoms with Gasteiger partial charge < -0.3 is 15.8 Å². The van der Waals surface area contributed by atoms with Gasteiger partial charge in [-0.1, -0.05) is 32.6 Å². The zero-order chi connectivity index (χ0) is 13.2. The summed E-state index contributed by atoms with van der Waals surface area (Å²) in [5, 5.41) is 2.51. The van der Waals surface area contributed by atoms with Crippen LogP contribution in [-0.4, -0.2) is 12.6 Å². The van der Waals surface area contributed by atoms with Gasteiger partial charge in [0.15, 0.2) is 0 Å². The summed E-state index contributed by atoms with van der Waals surface area (Å²) in [5.74, 6) is 0.820. The summed E-state index contributed by atoms with van der Waals surface area (Å²) in [6, 6.07) is 6.66. The molecule has 1 aromatic rings. The molecule has 1 aromatic carbocycles. The number of urea groups is 1. The first-order valence-corrected chi connectivity index (χ1v) is 6.51. The molecule has 0 aliphatic heterocycles. The predicted octanol–water partition coefficient (Wildman–Crippen LogP) is 3.53. The van der Waals surface area contributed by atoms with E-state index in [9.17, 15) is 4.79 Å². The summed E-state index contributed by atoms with van der Waals surface area (Å²) in [6.45, 7) is 2.95. The number of hydrogen-bond donors (Lipinski definition) is 2. The molecule has 0 bridgehead atoms. The number of nitrogens with one attached hydrogen (secondary N) is 1. The second kappa shape index (κ2) is 8.39. The molecule has 0 radical (unpaired) electrons. The average Bonchev–Trinajstić information content (AvgIpc) is 2.35. The standard InChI is InChI=1S/C14H22N2O2/c1-2-3-4-5-6-11-18-13-9-7-12(8-10-13)16-14(15)17/h7-10H,2-6,11H2,1H3,(H3,15,16,17). The van der Waals surface area contributed by atoms with Crippen LogP contribution in [0.25, 0.3) is 0 Å². The first kappa shape index (κ1) is 14.4. The molecule has 0 spiro atoms. The number of carbonyl (C=O) groups is 1. The molecule has 0 atom stereocenters.